The van der Waals surface area contributed by atoms with Crippen molar-refractivity contribution in [1.82, 2.24) is 25.5 Å². The molecule has 3 heterocycles. The molecule has 0 aliphatic carbocycles. The van der Waals surface area contributed by atoms with E-state index in [2.05, 4.69) is 35.7 Å². The summed E-state index contributed by atoms with van der Waals surface area (Å²) in [5.41, 5.74) is 1.52. The molecule has 0 radical (unpaired) electrons. The Morgan fingerprint density at radius 3 is 2.52 bits per heavy atom. The summed E-state index contributed by atoms with van der Waals surface area (Å²) < 4.78 is 5.55. The Balaban J connectivity index is 1.27. The van der Waals surface area contributed by atoms with E-state index in [4.69, 9.17) is 4.42 Å². The fraction of sp³-hybridized carbons (Fsp3) is 0.350. The highest BCUT2D eigenvalue weighted by Gasteiger charge is 2.22. The second-order valence-corrected chi connectivity index (χ2v) is 6.84. The van der Waals surface area contributed by atoms with Gasteiger partial charge in [-0.1, -0.05) is 6.92 Å². The molecule has 29 heavy (non-hydrogen) atoms. The summed E-state index contributed by atoms with van der Waals surface area (Å²) in [6, 6.07) is 9.06. The van der Waals surface area contributed by atoms with Gasteiger partial charge < -0.3 is 20.0 Å². The van der Waals surface area contributed by atoms with Crippen LogP contribution in [0.3, 0.4) is 0 Å². The van der Waals surface area contributed by atoms with Gasteiger partial charge in [-0.3, -0.25) is 0 Å². The monoisotopic (exact) mass is 393 g/mol. The fourth-order valence-electron chi connectivity index (χ4n) is 3.24. The first-order valence-electron chi connectivity index (χ1n) is 9.73. The number of hydrogen-bond donors (Lipinski definition) is 2. The quantitative estimate of drug-likeness (QED) is 0.686. The average Bonchev–Trinajstić information content (AvgIpc) is 3.25. The number of rotatable bonds is 5. The molecule has 1 aromatic carbocycles. The lowest BCUT2D eigenvalue weighted by molar-refractivity contribution is 0.246. The third-order valence-corrected chi connectivity index (χ3v) is 4.82. The Kier molecular flexibility index (Phi) is 5.64. The lowest BCUT2D eigenvalue weighted by Crippen LogP contribution is -2.46. The van der Waals surface area contributed by atoms with Gasteiger partial charge in [-0.25, -0.2) is 14.8 Å². The van der Waals surface area contributed by atoms with Gasteiger partial charge in [0.25, 0.3) is 0 Å². The number of carbonyl (C=O) groups excluding carboxylic acids is 1. The average molecular weight is 393 g/mol. The van der Waals surface area contributed by atoms with E-state index >= 15 is 0 Å². The van der Waals surface area contributed by atoms with Crippen molar-refractivity contribution in [3.8, 4) is 11.5 Å². The van der Waals surface area contributed by atoms with Crippen molar-refractivity contribution in [2.75, 3.05) is 23.3 Å². The van der Waals surface area contributed by atoms with Gasteiger partial charge in [-0.2, -0.15) is 0 Å². The van der Waals surface area contributed by atoms with Gasteiger partial charge >= 0.3 is 6.03 Å². The summed E-state index contributed by atoms with van der Waals surface area (Å²) >= 11 is 0. The number of amides is 2. The largest absolute Gasteiger partial charge is 0.421 e. The van der Waals surface area contributed by atoms with Crippen molar-refractivity contribution in [1.29, 1.82) is 0 Å². The first kappa shape index (κ1) is 18.9. The van der Waals surface area contributed by atoms with Crippen LogP contribution in [-0.2, 0) is 6.42 Å². The van der Waals surface area contributed by atoms with E-state index in [0.29, 0.717) is 23.9 Å². The van der Waals surface area contributed by atoms with E-state index in [1.807, 2.05) is 31.2 Å². The number of urea groups is 1. The maximum Gasteiger partial charge on any atom is 0.319 e. The Morgan fingerprint density at radius 1 is 1.14 bits per heavy atom. The summed E-state index contributed by atoms with van der Waals surface area (Å²) in [5, 5.41) is 13.9. The van der Waals surface area contributed by atoms with Crippen molar-refractivity contribution in [3.63, 3.8) is 0 Å². The predicted molar refractivity (Wildman–Crippen MR) is 109 cm³/mol. The smallest absolute Gasteiger partial charge is 0.319 e. The first-order chi connectivity index (χ1) is 14.2. The van der Waals surface area contributed by atoms with Gasteiger partial charge in [0, 0.05) is 49.2 Å². The van der Waals surface area contributed by atoms with Crippen LogP contribution in [0.4, 0.5) is 16.4 Å². The maximum absolute atomic E-state index is 12.3. The summed E-state index contributed by atoms with van der Waals surface area (Å²) in [7, 11) is 0. The van der Waals surface area contributed by atoms with Gasteiger partial charge in [0.05, 0.1) is 0 Å². The molecule has 0 atom stereocenters. The minimum atomic E-state index is -0.210. The molecular weight excluding hydrogens is 370 g/mol. The highest BCUT2D eigenvalue weighted by atomic mass is 16.4. The second-order valence-electron chi connectivity index (χ2n) is 6.84. The number of aryl methyl sites for hydroxylation is 1. The molecular formula is C20H23N7O2. The van der Waals surface area contributed by atoms with Crippen molar-refractivity contribution < 1.29 is 9.21 Å². The number of nitrogens with one attached hydrogen (secondary N) is 2. The predicted octanol–water partition coefficient (Wildman–Crippen LogP) is 2.88. The van der Waals surface area contributed by atoms with Crippen LogP contribution in [0.25, 0.3) is 11.5 Å². The van der Waals surface area contributed by atoms with Crippen LogP contribution >= 0.6 is 0 Å². The molecule has 4 rings (SSSR count). The van der Waals surface area contributed by atoms with E-state index in [1.165, 1.54) is 0 Å². The van der Waals surface area contributed by atoms with Crippen LogP contribution in [0.5, 0.6) is 0 Å². The highest BCUT2D eigenvalue weighted by molar-refractivity contribution is 5.89. The maximum atomic E-state index is 12.3. The van der Waals surface area contributed by atoms with E-state index in [9.17, 15) is 4.79 Å². The minimum absolute atomic E-state index is 0.125. The molecule has 0 saturated carbocycles. The molecule has 1 fully saturated rings. The van der Waals surface area contributed by atoms with Gasteiger partial charge in [0.15, 0.2) is 0 Å². The van der Waals surface area contributed by atoms with Crippen molar-refractivity contribution in [2.45, 2.75) is 32.2 Å². The molecule has 9 nitrogen and oxygen atoms in total. The highest BCUT2D eigenvalue weighted by Crippen LogP contribution is 2.21. The molecule has 0 unspecified atom stereocenters. The zero-order valence-electron chi connectivity index (χ0n) is 16.2. The number of carbonyl (C=O) groups is 1. The molecule has 9 heteroatoms. The molecule has 1 saturated heterocycles. The first-order valence-corrected chi connectivity index (χ1v) is 9.73. The van der Waals surface area contributed by atoms with E-state index in [-0.39, 0.29) is 12.1 Å². The topological polar surface area (TPSA) is 109 Å². The number of piperidine rings is 1. The van der Waals surface area contributed by atoms with Crippen LogP contribution in [0, 0.1) is 0 Å². The number of benzene rings is 1. The Hall–Kier alpha value is -3.49. The van der Waals surface area contributed by atoms with Crippen LogP contribution in [0.2, 0.25) is 0 Å². The molecule has 0 spiro atoms. The standard InChI is InChI=1S/C20H23N7O2/c1-2-17-25-26-18(29-17)14-4-6-15(7-5-14)23-20(28)24-16-8-12-27(13-9-16)19-21-10-3-11-22-19/h3-7,10-11,16H,2,8-9,12-13H2,1H3,(H2,23,24,28). The molecule has 1 aliphatic heterocycles. The normalized spacial score (nSPS) is 14.6. The third-order valence-electron chi connectivity index (χ3n) is 4.82. The number of aromatic nitrogens is 4. The molecule has 2 N–H and O–H groups in total. The van der Waals surface area contributed by atoms with Crippen molar-refractivity contribution >= 4 is 17.7 Å². The van der Waals surface area contributed by atoms with E-state index in [0.717, 1.165) is 37.4 Å². The molecule has 0 bridgehead atoms. The molecule has 150 valence electrons. The second kappa shape index (κ2) is 8.68. The van der Waals surface area contributed by atoms with E-state index < -0.39 is 0 Å². The Labute approximate surface area is 168 Å². The Bertz CT molecular complexity index is 935. The lowest BCUT2D eigenvalue weighted by atomic mass is 10.1. The zero-order chi connectivity index (χ0) is 20.1. The number of anilines is 2. The van der Waals surface area contributed by atoms with Crippen molar-refractivity contribution in [2.24, 2.45) is 0 Å². The van der Waals surface area contributed by atoms with Crippen LogP contribution in [0.15, 0.2) is 47.1 Å². The summed E-state index contributed by atoms with van der Waals surface area (Å²) in [6.07, 6.45) is 5.88. The fourth-order valence-corrected chi connectivity index (χ4v) is 3.24. The van der Waals surface area contributed by atoms with Crippen LogP contribution < -0.4 is 15.5 Å². The van der Waals surface area contributed by atoms with Crippen LogP contribution in [-0.4, -0.2) is 45.3 Å². The van der Waals surface area contributed by atoms with E-state index in [1.54, 1.807) is 18.5 Å². The number of hydrogen-bond acceptors (Lipinski definition) is 7. The SMILES string of the molecule is CCc1nnc(-c2ccc(NC(=O)NC3CCN(c4ncccn4)CC3)cc2)o1. The van der Waals surface area contributed by atoms with Gasteiger partial charge in [-0.15, -0.1) is 10.2 Å². The zero-order valence-corrected chi connectivity index (χ0v) is 16.2. The van der Waals surface area contributed by atoms with Crippen LogP contribution in [0.1, 0.15) is 25.7 Å². The summed E-state index contributed by atoms with van der Waals surface area (Å²) in [5.74, 6) is 1.82. The third kappa shape index (κ3) is 4.68. The van der Waals surface area contributed by atoms with Gasteiger partial charge in [0.1, 0.15) is 0 Å². The molecule has 2 aromatic heterocycles. The molecule has 1 aliphatic rings. The summed E-state index contributed by atoms with van der Waals surface area (Å²) in [6.45, 7) is 3.59. The summed E-state index contributed by atoms with van der Waals surface area (Å²) in [4.78, 5) is 23.0. The van der Waals surface area contributed by atoms with Gasteiger partial charge in [0.2, 0.25) is 17.7 Å². The van der Waals surface area contributed by atoms with Gasteiger partial charge in [-0.05, 0) is 43.2 Å². The molecule has 3 aromatic rings. The number of nitrogens with zero attached hydrogens (tertiary/aromatic N) is 5. The van der Waals surface area contributed by atoms with Crippen molar-refractivity contribution in [3.05, 3.63) is 48.6 Å². The molecule has 2 amide bonds. The minimum Gasteiger partial charge on any atom is -0.421 e. The lowest BCUT2D eigenvalue weighted by Gasteiger charge is -2.32. The Morgan fingerprint density at radius 2 is 1.86 bits per heavy atom.